The smallest absolute Gasteiger partial charge is 0.185 e. The van der Waals surface area contributed by atoms with Crippen LogP contribution in [0.4, 0.5) is 0 Å². The lowest BCUT2D eigenvalue weighted by atomic mass is 10.1. The van der Waals surface area contributed by atoms with Gasteiger partial charge in [-0.1, -0.05) is 46.1 Å². The molecule has 0 unspecified atom stereocenters. The molecule has 2 aromatic rings. The van der Waals surface area contributed by atoms with E-state index < -0.39 is 0 Å². The zero-order valence-corrected chi connectivity index (χ0v) is 15.6. The minimum absolute atomic E-state index is 0.148. The number of hydrogen-bond donors (Lipinski definition) is 0. The minimum atomic E-state index is -0.148. The van der Waals surface area contributed by atoms with Crippen LogP contribution in [-0.2, 0) is 0 Å². The molecule has 120 valence electrons. The highest BCUT2D eigenvalue weighted by molar-refractivity contribution is 9.10. The monoisotopic (exact) mass is 412 g/mol. The summed E-state index contributed by atoms with van der Waals surface area (Å²) in [4.78, 5) is 12.3. The number of carbonyl (C=O) groups excluding carboxylic acids is 1. The molecule has 0 aliphatic carbocycles. The molecule has 0 aliphatic heterocycles. The highest BCUT2D eigenvalue weighted by atomic mass is 79.9. The van der Waals surface area contributed by atoms with Gasteiger partial charge in [0.1, 0.15) is 5.75 Å². The fraction of sp³-hybridized carbons (Fsp3) is 0.167. The Morgan fingerprint density at radius 2 is 1.96 bits per heavy atom. The fourth-order valence-corrected chi connectivity index (χ4v) is 2.58. The average molecular weight is 414 g/mol. The predicted octanol–water partition coefficient (Wildman–Crippen LogP) is 6.44. The lowest BCUT2D eigenvalue weighted by molar-refractivity contribution is 0.104. The maximum Gasteiger partial charge on any atom is 0.185 e. The second-order valence-corrected chi connectivity index (χ2v) is 6.59. The first kappa shape index (κ1) is 18.1. The van der Waals surface area contributed by atoms with Gasteiger partial charge in [0.2, 0.25) is 0 Å². The summed E-state index contributed by atoms with van der Waals surface area (Å²) in [7, 11) is 0. The van der Waals surface area contributed by atoms with Gasteiger partial charge in [0.05, 0.1) is 16.7 Å². The Hall–Kier alpha value is -1.29. The van der Waals surface area contributed by atoms with E-state index in [4.69, 9.17) is 27.9 Å². The van der Waals surface area contributed by atoms with E-state index in [2.05, 4.69) is 15.9 Å². The highest BCUT2D eigenvalue weighted by Gasteiger charge is 2.07. The van der Waals surface area contributed by atoms with Gasteiger partial charge in [0.25, 0.3) is 0 Å². The molecule has 0 radical (unpaired) electrons. The molecule has 2 rings (SSSR count). The van der Waals surface area contributed by atoms with E-state index in [1.54, 1.807) is 24.3 Å². The number of hydrogen-bond acceptors (Lipinski definition) is 2. The van der Waals surface area contributed by atoms with Crippen LogP contribution < -0.4 is 4.74 Å². The molecule has 0 aliphatic rings. The molecule has 0 saturated heterocycles. The number of ketones is 1. The summed E-state index contributed by atoms with van der Waals surface area (Å²) in [6.45, 7) is 2.67. The summed E-state index contributed by atoms with van der Waals surface area (Å²) in [6.07, 6.45) is 4.15. The van der Waals surface area contributed by atoms with Crippen LogP contribution in [0.25, 0.3) is 6.08 Å². The predicted molar refractivity (Wildman–Crippen MR) is 99.8 cm³/mol. The van der Waals surface area contributed by atoms with Gasteiger partial charge in [0.15, 0.2) is 5.78 Å². The molecular formula is C18H15BrCl2O2. The van der Waals surface area contributed by atoms with Crippen molar-refractivity contribution in [2.75, 3.05) is 6.61 Å². The molecular weight excluding hydrogens is 399 g/mol. The Morgan fingerprint density at radius 3 is 2.65 bits per heavy atom. The topological polar surface area (TPSA) is 26.3 Å². The largest absolute Gasteiger partial charge is 0.493 e. The minimum Gasteiger partial charge on any atom is -0.493 e. The number of rotatable bonds is 6. The Kier molecular flexibility index (Phi) is 6.70. The third kappa shape index (κ3) is 5.10. The lowest BCUT2D eigenvalue weighted by Gasteiger charge is -2.08. The average Bonchev–Trinajstić information content (AvgIpc) is 2.54. The van der Waals surface area contributed by atoms with E-state index in [-0.39, 0.29) is 5.78 Å². The Morgan fingerprint density at radius 1 is 1.17 bits per heavy atom. The zero-order valence-electron chi connectivity index (χ0n) is 12.5. The number of ether oxygens (including phenoxy) is 1. The highest BCUT2D eigenvalue weighted by Crippen LogP contribution is 2.26. The molecule has 0 atom stereocenters. The summed E-state index contributed by atoms with van der Waals surface area (Å²) in [6, 6.07) is 10.5. The van der Waals surface area contributed by atoms with Gasteiger partial charge in [-0.05, 0) is 55.0 Å². The number of benzene rings is 2. The summed E-state index contributed by atoms with van der Waals surface area (Å²) in [5.74, 6) is 0.596. The molecule has 0 amide bonds. The van der Waals surface area contributed by atoms with Gasteiger partial charge in [-0.25, -0.2) is 0 Å². The Balaban J connectivity index is 2.23. The molecule has 0 saturated carbocycles. The molecule has 0 N–H and O–H groups in total. The quantitative estimate of drug-likeness (QED) is 0.402. The van der Waals surface area contributed by atoms with Crippen molar-refractivity contribution < 1.29 is 9.53 Å². The summed E-state index contributed by atoms with van der Waals surface area (Å²) in [5, 5.41) is 0.787. The Labute approximate surface area is 154 Å². The SMILES string of the molecule is CCCOc1ccc(Br)cc1/C=C/C(=O)c1ccc(Cl)c(Cl)c1. The molecule has 0 bridgehead atoms. The maximum absolute atomic E-state index is 12.3. The van der Waals surface area contributed by atoms with Crippen LogP contribution in [0, 0.1) is 0 Å². The first-order valence-corrected chi connectivity index (χ1v) is 8.66. The van der Waals surface area contributed by atoms with Crippen LogP contribution in [0.5, 0.6) is 5.75 Å². The molecule has 0 spiro atoms. The molecule has 0 aromatic heterocycles. The molecule has 2 aromatic carbocycles. The second-order valence-electron chi connectivity index (χ2n) is 4.86. The van der Waals surface area contributed by atoms with Gasteiger partial charge >= 0.3 is 0 Å². The van der Waals surface area contributed by atoms with E-state index in [0.29, 0.717) is 22.2 Å². The van der Waals surface area contributed by atoms with Crippen molar-refractivity contribution in [2.24, 2.45) is 0 Å². The molecule has 0 heterocycles. The summed E-state index contributed by atoms with van der Waals surface area (Å²) >= 11 is 15.2. The van der Waals surface area contributed by atoms with Crippen LogP contribution >= 0.6 is 39.1 Å². The van der Waals surface area contributed by atoms with E-state index >= 15 is 0 Å². The van der Waals surface area contributed by atoms with Crippen molar-refractivity contribution in [2.45, 2.75) is 13.3 Å². The van der Waals surface area contributed by atoms with Gasteiger partial charge in [-0.2, -0.15) is 0 Å². The standard InChI is InChI=1S/C18H15BrCl2O2/c1-2-9-23-18-8-5-14(19)10-13(18)4-7-17(22)12-3-6-15(20)16(21)11-12/h3-8,10-11H,2,9H2,1H3/b7-4+. The number of halogens is 3. The normalized spacial score (nSPS) is 11.0. The first-order valence-electron chi connectivity index (χ1n) is 7.11. The van der Waals surface area contributed by atoms with Crippen LogP contribution in [0.1, 0.15) is 29.3 Å². The van der Waals surface area contributed by atoms with Crippen LogP contribution in [0.2, 0.25) is 10.0 Å². The van der Waals surface area contributed by atoms with Crippen LogP contribution in [0.15, 0.2) is 46.9 Å². The van der Waals surface area contributed by atoms with E-state index in [1.807, 2.05) is 25.1 Å². The van der Waals surface area contributed by atoms with E-state index in [9.17, 15) is 4.79 Å². The van der Waals surface area contributed by atoms with Crippen molar-refractivity contribution in [3.8, 4) is 5.75 Å². The van der Waals surface area contributed by atoms with Gasteiger partial charge in [-0.15, -0.1) is 0 Å². The third-order valence-corrected chi connectivity index (χ3v) is 4.28. The maximum atomic E-state index is 12.3. The van der Waals surface area contributed by atoms with Crippen molar-refractivity contribution >= 4 is 51.0 Å². The van der Waals surface area contributed by atoms with Gasteiger partial charge < -0.3 is 4.74 Å². The molecule has 23 heavy (non-hydrogen) atoms. The lowest BCUT2D eigenvalue weighted by Crippen LogP contribution is -1.97. The van der Waals surface area contributed by atoms with Crippen LogP contribution in [0.3, 0.4) is 0 Å². The zero-order chi connectivity index (χ0) is 16.8. The van der Waals surface area contributed by atoms with Crippen molar-refractivity contribution in [3.63, 3.8) is 0 Å². The first-order chi connectivity index (χ1) is 11.0. The molecule has 0 fully saturated rings. The molecule has 5 heteroatoms. The van der Waals surface area contributed by atoms with E-state index in [1.165, 1.54) is 6.08 Å². The fourth-order valence-electron chi connectivity index (χ4n) is 1.90. The van der Waals surface area contributed by atoms with Crippen molar-refractivity contribution in [1.82, 2.24) is 0 Å². The van der Waals surface area contributed by atoms with Crippen molar-refractivity contribution in [3.05, 3.63) is 68.1 Å². The van der Waals surface area contributed by atoms with E-state index in [0.717, 1.165) is 22.2 Å². The number of carbonyl (C=O) groups is 1. The van der Waals surface area contributed by atoms with Crippen LogP contribution in [-0.4, -0.2) is 12.4 Å². The van der Waals surface area contributed by atoms with Gasteiger partial charge in [0, 0.05) is 15.6 Å². The Bertz CT molecular complexity index is 742. The molecule has 2 nitrogen and oxygen atoms in total. The van der Waals surface area contributed by atoms with Crippen molar-refractivity contribution in [1.29, 1.82) is 0 Å². The second kappa shape index (κ2) is 8.53. The van der Waals surface area contributed by atoms with Gasteiger partial charge in [-0.3, -0.25) is 4.79 Å². The summed E-state index contributed by atoms with van der Waals surface area (Å²) < 4.78 is 6.61. The third-order valence-electron chi connectivity index (χ3n) is 3.05. The number of allylic oxidation sites excluding steroid dienone is 1. The summed E-state index contributed by atoms with van der Waals surface area (Å²) in [5.41, 5.74) is 1.32.